The van der Waals surface area contributed by atoms with Crippen molar-refractivity contribution in [3.8, 4) is 0 Å². The van der Waals surface area contributed by atoms with Crippen molar-refractivity contribution in [2.24, 2.45) is 0 Å². The molecule has 1 atom stereocenters. The fraction of sp³-hybridized carbons (Fsp3) is 0.0870. The molecule has 0 spiro atoms. The van der Waals surface area contributed by atoms with Crippen molar-refractivity contribution < 1.29 is 19.2 Å². The summed E-state index contributed by atoms with van der Waals surface area (Å²) in [6, 6.07) is 13.9. The summed E-state index contributed by atoms with van der Waals surface area (Å²) in [7, 11) is 0. The molecule has 2 heterocycles. The van der Waals surface area contributed by atoms with Gasteiger partial charge in [0.05, 0.1) is 17.7 Å². The number of pyridine rings is 1. The highest BCUT2D eigenvalue weighted by atomic mass is 35.5. The third-order valence-corrected chi connectivity index (χ3v) is 5.48. The summed E-state index contributed by atoms with van der Waals surface area (Å²) in [4.78, 5) is 56.9. The van der Waals surface area contributed by atoms with Crippen molar-refractivity contribution in [1.29, 1.82) is 0 Å². The largest absolute Gasteiger partial charge is 0.274 e. The maximum atomic E-state index is 13.3. The summed E-state index contributed by atoms with van der Waals surface area (Å²) < 4.78 is 0. The average Bonchev–Trinajstić information content (AvgIpc) is 3.12. The van der Waals surface area contributed by atoms with Crippen molar-refractivity contribution in [2.45, 2.75) is 12.5 Å². The number of nitrogens with zero attached hydrogens (tertiary/aromatic N) is 3. The molecule has 10 heteroatoms. The van der Waals surface area contributed by atoms with Crippen LogP contribution in [0.15, 0.2) is 73.1 Å². The second kappa shape index (κ2) is 9.40. The molecule has 0 bridgehead atoms. The van der Waals surface area contributed by atoms with Crippen LogP contribution in [-0.2, 0) is 9.59 Å². The van der Waals surface area contributed by atoms with Crippen LogP contribution in [0.25, 0.3) is 0 Å². The molecule has 0 aliphatic carbocycles. The standard InChI is InChI=1S/C23H16Cl2N4O4/c24-16-5-3-14(4-6-16)22(32)29(27-21(31)15-2-1-11-26-13-15)19-12-20(30)28(23(19)33)18-9-7-17(25)8-10-18/h1-11,13,19H,12H2,(H,27,31). The number of hydrogen-bond donors (Lipinski definition) is 1. The van der Waals surface area contributed by atoms with Gasteiger partial charge < -0.3 is 0 Å². The van der Waals surface area contributed by atoms with E-state index in [2.05, 4.69) is 10.4 Å². The number of anilines is 1. The second-order valence-electron chi connectivity index (χ2n) is 7.13. The van der Waals surface area contributed by atoms with Crippen LogP contribution in [-0.4, -0.2) is 39.7 Å². The number of carbonyl (C=O) groups excluding carboxylic acids is 4. The molecule has 33 heavy (non-hydrogen) atoms. The number of aromatic nitrogens is 1. The minimum Gasteiger partial charge on any atom is -0.274 e. The van der Waals surface area contributed by atoms with Gasteiger partial charge in [0, 0.05) is 28.0 Å². The van der Waals surface area contributed by atoms with E-state index >= 15 is 0 Å². The van der Waals surface area contributed by atoms with Crippen molar-refractivity contribution in [2.75, 3.05) is 4.90 Å². The molecule has 1 aromatic heterocycles. The molecule has 166 valence electrons. The number of rotatable bonds is 4. The monoisotopic (exact) mass is 482 g/mol. The van der Waals surface area contributed by atoms with Crippen LogP contribution in [0.4, 0.5) is 5.69 Å². The van der Waals surface area contributed by atoms with Gasteiger partial charge in [0.25, 0.3) is 17.7 Å². The van der Waals surface area contributed by atoms with Crippen molar-refractivity contribution >= 4 is 52.5 Å². The fourth-order valence-corrected chi connectivity index (χ4v) is 3.60. The Morgan fingerprint density at radius 1 is 0.939 bits per heavy atom. The summed E-state index contributed by atoms with van der Waals surface area (Å²) in [5.41, 5.74) is 3.14. The van der Waals surface area contributed by atoms with Crippen LogP contribution in [0.5, 0.6) is 0 Å². The number of imide groups is 1. The Balaban J connectivity index is 1.67. The Bertz CT molecular complexity index is 1220. The predicted octanol–water partition coefficient (Wildman–Crippen LogP) is 3.51. The van der Waals surface area contributed by atoms with Gasteiger partial charge in [-0.1, -0.05) is 23.2 Å². The van der Waals surface area contributed by atoms with Gasteiger partial charge in [-0.3, -0.25) is 29.6 Å². The Labute approximate surface area is 198 Å². The lowest BCUT2D eigenvalue weighted by Crippen LogP contribution is -2.54. The van der Waals surface area contributed by atoms with Crippen LogP contribution >= 0.6 is 23.2 Å². The van der Waals surface area contributed by atoms with Crippen LogP contribution < -0.4 is 10.3 Å². The summed E-state index contributed by atoms with van der Waals surface area (Å²) in [6.45, 7) is 0. The van der Waals surface area contributed by atoms with Crippen molar-refractivity contribution in [3.05, 3.63) is 94.2 Å². The van der Waals surface area contributed by atoms with E-state index in [0.717, 1.165) is 9.91 Å². The summed E-state index contributed by atoms with van der Waals surface area (Å²) in [6.07, 6.45) is 2.51. The van der Waals surface area contributed by atoms with Crippen molar-refractivity contribution in [3.63, 3.8) is 0 Å². The number of amides is 4. The van der Waals surface area contributed by atoms with Crippen LogP contribution in [0.2, 0.25) is 10.0 Å². The van der Waals surface area contributed by atoms with E-state index in [-0.39, 0.29) is 17.5 Å². The SMILES string of the molecule is O=C(NN(C(=O)c1ccc(Cl)cc1)C1CC(=O)N(c2ccc(Cl)cc2)C1=O)c1cccnc1. The van der Waals surface area contributed by atoms with Gasteiger partial charge in [0.1, 0.15) is 6.04 Å². The highest BCUT2D eigenvalue weighted by molar-refractivity contribution is 6.31. The molecule has 1 fully saturated rings. The number of halogens is 2. The first-order chi connectivity index (χ1) is 15.8. The lowest BCUT2D eigenvalue weighted by atomic mass is 10.1. The van der Waals surface area contributed by atoms with Gasteiger partial charge in [-0.05, 0) is 60.7 Å². The topological polar surface area (TPSA) is 99.7 Å². The molecule has 3 aromatic rings. The zero-order chi connectivity index (χ0) is 23.5. The summed E-state index contributed by atoms with van der Waals surface area (Å²) >= 11 is 11.8. The maximum absolute atomic E-state index is 13.3. The van der Waals surface area contributed by atoms with E-state index in [0.29, 0.717) is 15.7 Å². The minimum absolute atomic E-state index is 0.177. The molecular weight excluding hydrogens is 467 g/mol. The number of carbonyl (C=O) groups is 4. The Morgan fingerprint density at radius 2 is 1.58 bits per heavy atom. The quantitative estimate of drug-likeness (QED) is 0.453. The number of hydrogen-bond acceptors (Lipinski definition) is 5. The van der Waals surface area contributed by atoms with Gasteiger partial charge in [-0.15, -0.1) is 0 Å². The minimum atomic E-state index is -1.25. The first-order valence-electron chi connectivity index (χ1n) is 9.77. The predicted molar refractivity (Wildman–Crippen MR) is 122 cm³/mol. The molecule has 1 N–H and O–H groups in total. The first-order valence-corrected chi connectivity index (χ1v) is 10.5. The van der Waals surface area contributed by atoms with E-state index in [1.165, 1.54) is 54.9 Å². The van der Waals surface area contributed by atoms with E-state index in [9.17, 15) is 19.2 Å². The zero-order valence-corrected chi connectivity index (χ0v) is 18.5. The summed E-state index contributed by atoms with van der Waals surface area (Å²) in [5, 5.41) is 1.74. The summed E-state index contributed by atoms with van der Waals surface area (Å²) in [5.74, 6) is -2.50. The van der Waals surface area contributed by atoms with E-state index in [1.54, 1.807) is 18.2 Å². The first kappa shape index (κ1) is 22.4. The van der Waals surface area contributed by atoms with Gasteiger partial charge in [0.15, 0.2) is 0 Å². The van der Waals surface area contributed by atoms with Gasteiger partial charge in [-0.25, -0.2) is 9.91 Å². The molecule has 0 radical (unpaired) electrons. The van der Waals surface area contributed by atoms with E-state index < -0.39 is 29.7 Å². The zero-order valence-electron chi connectivity index (χ0n) is 16.9. The molecule has 2 aromatic carbocycles. The molecule has 1 aliphatic rings. The van der Waals surface area contributed by atoms with Crippen LogP contribution in [0, 0.1) is 0 Å². The highest BCUT2D eigenvalue weighted by Crippen LogP contribution is 2.27. The Hall–Kier alpha value is -3.75. The van der Waals surface area contributed by atoms with Gasteiger partial charge in [0.2, 0.25) is 5.91 Å². The molecule has 1 unspecified atom stereocenters. The molecule has 0 saturated carbocycles. The van der Waals surface area contributed by atoms with Gasteiger partial charge in [-0.2, -0.15) is 0 Å². The second-order valence-corrected chi connectivity index (χ2v) is 8.00. The Kier molecular flexibility index (Phi) is 6.39. The molecule has 4 amide bonds. The maximum Gasteiger partial charge on any atom is 0.273 e. The highest BCUT2D eigenvalue weighted by Gasteiger charge is 2.45. The third kappa shape index (κ3) is 4.72. The molecule has 4 rings (SSSR count). The molecule has 8 nitrogen and oxygen atoms in total. The van der Waals surface area contributed by atoms with E-state index in [1.807, 2.05) is 0 Å². The number of nitrogens with one attached hydrogen (secondary N) is 1. The fourth-order valence-electron chi connectivity index (χ4n) is 3.35. The van der Waals surface area contributed by atoms with Crippen LogP contribution in [0.1, 0.15) is 27.1 Å². The van der Waals surface area contributed by atoms with Crippen molar-refractivity contribution in [1.82, 2.24) is 15.4 Å². The van der Waals surface area contributed by atoms with Crippen LogP contribution in [0.3, 0.4) is 0 Å². The smallest absolute Gasteiger partial charge is 0.273 e. The Morgan fingerprint density at radius 3 is 2.18 bits per heavy atom. The molecule has 1 saturated heterocycles. The molecule has 1 aliphatic heterocycles. The normalized spacial score (nSPS) is 15.5. The number of benzene rings is 2. The number of hydrazine groups is 1. The molecular formula is C23H16Cl2N4O4. The lowest BCUT2D eigenvalue weighted by molar-refractivity contribution is -0.122. The average molecular weight is 483 g/mol. The third-order valence-electron chi connectivity index (χ3n) is 4.98. The van der Waals surface area contributed by atoms with Gasteiger partial charge >= 0.3 is 0 Å². The van der Waals surface area contributed by atoms with E-state index in [4.69, 9.17) is 23.2 Å². The lowest BCUT2D eigenvalue weighted by Gasteiger charge is -2.28.